The molecule has 0 bridgehead atoms. The Kier molecular flexibility index (Phi) is 9.06. The lowest BCUT2D eigenvalue weighted by Gasteiger charge is -2.19. The van der Waals surface area contributed by atoms with Crippen molar-refractivity contribution in [3.05, 3.63) is 0 Å². The van der Waals surface area contributed by atoms with Crippen molar-refractivity contribution >= 4 is 0 Å². The molecule has 0 amide bonds. The van der Waals surface area contributed by atoms with Crippen molar-refractivity contribution in [2.24, 2.45) is 0 Å². The Morgan fingerprint density at radius 2 is 1.20 bits per heavy atom. The predicted molar refractivity (Wildman–Crippen MR) is 62.2 cm³/mol. The molecule has 0 aliphatic rings. The van der Waals surface area contributed by atoms with Crippen molar-refractivity contribution < 1.29 is 14.2 Å². The van der Waals surface area contributed by atoms with E-state index >= 15 is 0 Å². The molecule has 0 aliphatic carbocycles. The molecule has 92 valence electrons. The fourth-order valence-corrected chi connectivity index (χ4v) is 1.10. The zero-order valence-corrected chi connectivity index (χ0v) is 10.8. The van der Waals surface area contributed by atoms with Gasteiger partial charge < -0.3 is 14.2 Å². The molecule has 0 N–H and O–H groups in total. The van der Waals surface area contributed by atoms with Gasteiger partial charge in [0.1, 0.15) is 0 Å². The molecule has 15 heavy (non-hydrogen) atoms. The van der Waals surface area contributed by atoms with E-state index in [0.29, 0.717) is 19.3 Å². The molecule has 3 unspecified atom stereocenters. The fraction of sp³-hybridized carbons (Fsp3) is 1.00. The molecule has 0 fully saturated rings. The molecule has 0 spiro atoms. The maximum absolute atomic E-state index is 5.60. The van der Waals surface area contributed by atoms with E-state index in [1.807, 2.05) is 20.8 Å². The quantitative estimate of drug-likeness (QED) is 0.595. The van der Waals surface area contributed by atoms with Crippen molar-refractivity contribution in [1.29, 1.82) is 0 Å². The van der Waals surface area contributed by atoms with Gasteiger partial charge >= 0.3 is 0 Å². The Hall–Kier alpha value is -0.120. The normalized spacial score (nSPS) is 17.4. The number of hydrogen-bond donors (Lipinski definition) is 0. The van der Waals surface area contributed by atoms with Gasteiger partial charge in [-0.25, -0.2) is 0 Å². The van der Waals surface area contributed by atoms with Gasteiger partial charge in [-0.2, -0.15) is 0 Å². The molecule has 0 aliphatic heterocycles. The van der Waals surface area contributed by atoms with E-state index in [4.69, 9.17) is 14.2 Å². The van der Waals surface area contributed by atoms with Gasteiger partial charge in [0, 0.05) is 6.61 Å². The monoisotopic (exact) mass is 218 g/mol. The van der Waals surface area contributed by atoms with Gasteiger partial charge in [-0.15, -0.1) is 0 Å². The van der Waals surface area contributed by atoms with Crippen LogP contribution >= 0.6 is 0 Å². The van der Waals surface area contributed by atoms with Crippen LogP contribution in [0.15, 0.2) is 0 Å². The Morgan fingerprint density at radius 1 is 0.733 bits per heavy atom. The molecule has 0 saturated carbocycles. The first kappa shape index (κ1) is 14.9. The summed E-state index contributed by atoms with van der Waals surface area (Å²) in [4.78, 5) is 0. The maximum Gasteiger partial charge on any atom is 0.0781 e. The number of ether oxygens (including phenoxy) is 3. The molecule has 3 heteroatoms. The second-order valence-corrected chi connectivity index (χ2v) is 3.96. The third-order valence-electron chi connectivity index (χ3n) is 2.26. The molecule has 0 aromatic carbocycles. The van der Waals surface area contributed by atoms with E-state index in [-0.39, 0.29) is 12.2 Å². The van der Waals surface area contributed by atoms with Gasteiger partial charge in [-0.05, 0) is 34.1 Å². The maximum atomic E-state index is 5.60. The molecule has 0 aromatic rings. The molecule has 0 saturated heterocycles. The van der Waals surface area contributed by atoms with E-state index in [9.17, 15) is 0 Å². The van der Waals surface area contributed by atoms with Crippen LogP contribution in [0.3, 0.4) is 0 Å². The smallest absolute Gasteiger partial charge is 0.0781 e. The number of hydrogen-bond acceptors (Lipinski definition) is 3. The molecule has 3 atom stereocenters. The first-order valence-corrected chi connectivity index (χ1v) is 5.94. The van der Waals surface area contributed by atoms with Crippen molar-refractivity contribution in [1.82, 2.24) is 0 Å². The van der Waals surface area contributed by atoms with E-state index in [0.717, 1.165) is 13.0 Å². The topological polar surface area (TPSA) is 27.7 Å². The lowest BCUT2D eigenvalue weighted by Crippen LogP contribution is -2.25. The van der Waals surface area contributed by atoms with Crippen LogP contribution in [-0.2, 0) is 14.2 Å². The average molecular weight is 218 g/mol. The van der Waals surface area contributed by atoms with Crippen LogP contribution in [0.1, 0.15) is 41.0 Å². The minimum atomic E-state index is 0.141. The van der Waals surface area contributed by atoms with E-state index in [2.05, 4.69) is 13.8 Å². The fourth-order valence-electron chi connectivity index (χ4n) is 1.10. The van der Waals surface area contributed by atoms with E-state index < -0.39 is 0 Å². The third-order valence-corrected chi connectivity index (χ3v) is 2.26. The summed E-state index contributed by atoms with van der Waals surface area (Å²) in [5, 5.41) is 0. The standard InChI is InChI=1S/C12H26O3/c1-6-10(3)14-9-12(5)15-8-11(4)13-7-2/h10-12H,6-9H2,1-5H3. The predicted octanol–water partition coefficient (Wildman–Crippen LogP) is 2.63. The lowest BCUT2D eigenvalue weighted by atomic mass is 10.3. The highest BCUT2D eigenvalue weighted by molar-refractivity contribution is 4.54. The molecular formula is C12H26O3. The van der Waals surface area contributed by atoms with Crippen LogP contribution in [0.5, 0.6) is 0 Å². The lowest BCUT2D eigenvalue weighted by molar-refractivity contribution is -0.0665. The molecule has 3 nitrogen and oxygen atoms in total. The summed E-state index contributed by atoms with van der Waals surface area (Å²) >= 11 is 0. The van der Waals surface area contributed by atoms with Crippen LogP contribution in [0.2, 0.25) is 0 Å². The molecule has 0 aromatic heterocycles. The van der Waals surface area contributed by atoms with Gasteiger partial charge in [0.15, 0.2) is 0 Å². The van der Waals surface area contributed by atoms with Crippen LogP contribution in [0, 0.1) is 0 Å². The van der Waals surface area contributed by atoms with Gasteiger partial charge in [0.05, 0.1) is 31.5 Å². The summed E-state index contributed by atoms with van der Waals surface area (Å²) in [6.07, 6.45) is 1.67. The minimum absolute atomic E-state index is 0.141. The Bertz CT molecular complexity index is 139. The highest BCUT2D eigenvalue weighted by Gasteiger charge is 2.08. The van der Waals surface area contributed by atoms with Crippen LogP contribution in [-0.4, -0.2) is 38.1 Å². The summed E-state index contributed by atoms with van der Waals surface area (Å²) in [6.45, 7) is 12.3. The molecular weight excluding hydrogens is 192 g/mol. The zero-order valence-electron chi connectivity index (χ0n) is 10.8. The van der Waals surface area contributed by atoms with Gasteiger partial charge in [0.2, 0.25) is 0 Å². The van der Waals surface area contributed by atoms with Crippen molar-refractivity contribution in [3.63, 3.8) is 0 Å². The first-order valence-electron chi connectivity index (χ1n) is 5.94. The van der Waals surface area contributed by atoms with Crippen LogP contribution < -0.4 is 0 Å². The van der Waals surface area contributed by atoms with Gasteiger partial charge in [0.25, 0.3) is 0 Å². The zero-order chi connectivity index (χ0) is 11.7. The van der Waals surface area contributed by atoms with Crippen molar-refractivity contribution in [2.45, 2.75) is 59.4 Å². The summed E-state index contributed by atoms with van der Waals surface area (Å²) in [7, 11) is 0. The average Bonchev–Trinajstić information content (AvgIpc) is 2.23. The Balaban J connectivity index is 3.44. The first-order chi connectivity index (χ1) is 7.10. The summed E-state index contributed by atoms with van der Waals surface area (Å²) in [6, 6.07) is 0. The van der Waals surface area contributed by atoms with Crippen molar-refractivity contribution in [3.8, 4) is 0 Å². The number of rotatable bonds is 9. The summed E-state index contributed by atoms with van der Waals surface area (Å²) < 4.78 is 16.6. The van der Waals surface area contributed by atoms with Gasteiger partial charge in [-0.3, -0.25) is 0 Å². The molecule has 0 heterocycles. The van der Waals surface area contributed by atoms with Gasteiger partial charge in [-0.1, -0.05) is 6.92 Å². The highest BCUT2D eigenvalue weighted by atomic mass is 16.6. The van der Waals surface area contributed by atoms with Crippen LogP contribution in [0.4, 0.5) is 0 Å². The Labute approximate surface area is 94.1 Å². The molecule has 0 radical (unpaired) electrons. The Morgan fingerprint density at radius 3 is 1.67 bits per heavy atom. The van der Waals surface area contributed by atoms with Crippen molar-refractivity contribution in [2.75, 3.05) is 19.8 Å². The van der Waals surface area contributed by atoms with E-state index in [1.165, 1.54) is 0 Å². The largest absolute Gasteiger partial charge is 0.376 e. The third kappa shape index (κ3) is 8.85. The molecule has 0 rings (SSSR count). The second-order valence-electron chi connectivity index (χ2n) is 3.96. The SMILES string of the molecule is CCOC(C)COC(C)COC(C)CC. The highest BCUT2D eigenvalue weighted by Crippen LogP contribution is 2.01. The summed E-state index contributed by atoms with van der Waals surface area (Å²) in [5.41, 5.74) is 0. The minimum Gasteiger partial charge on any atom is -0.376 e. The van der Waals surface area contributed by atoms with E-state index in [1.54, 1.807) is 0 Å². The van der Waals surface area contributed by atoms with Crippen LogP contribution in [0.25, 0.3) is 0 Å². The summed E-state index contributed by atoms with van der Waals surface area (Å²) in [5.74, 6) is 0. The second kappa shape index (κ2) is 9.13.